The first-order valence-electron chi connectivity index (χ1n) is 13.2. The number of nitrogens with zero attached hydrogens (tertiary/aromatic N) is 5. The van der Waals surface area contributed by atoms with Crippen LogP contribution in [0.2, 0.25) is 0 Å². The molecule has 2 N–H and O–H groups in total. The number of thiazole rings is 1. The summed E-state index contributed by atoms with van der Waals surface area (Å²) in [5, 5.41) is 7.04. The molecule has 3 aromatic heterocycles. The van der Waals surface area contributed by atoms with Gasteiger partial charge in [-0.1, -0.05) is 47.7 Å². The summed E-state index contributed by atoms with van der Waals surface area (Å²) in [5.41, 5.74) is 3.96. The third-order valence-electron chi connectivity index (χ3n) is 6.21. The van der Waals surface area contributed by atoms with Crippen LogP contribution >= 0.6 is 11.3 Å². The largest absolute Gasteiger partial charge is 0.493 e. The zero-order valence-electron chi connectivity index (χ0n) is 23.3. The van der Waals surface area contributed by atoms with E-state index < -0.39 is 5.97 Å². The standard InChI is InChI=1S/C29H31N7O4S/c1-5-36-17-31-26-23(36)25(33-28(34-26)35-29-32-18(3)24(41-29)27(37)39-6-2)30-15-20-12-13-21(22(14-20)38-4)40-16-19-10-8-7-9-11-19/h7-14,17H,5-6,15-16H2,1-4H3,(H2,30,32,33,34,35). The highest BCUT2D eigenvalue weighted by Crippen LogP contribution is 2.31. The molecule has 0 aliphatic carbocycles. The Morgan fingerprint density at radius 3 is 2.61 bits per heavy atom. The first-order chi connectivity index (χ1) is 20.0. The molecule has 11 nitrogen and oxygen atoms in total. The zero-order valence-corrected chi connectivity index (χ0v) is 24.1. The van der Waals surface area contributed by atoms with Crippen LogP contribution in [0, 0.1) is 6.92 Å². The Kier molecular flexibility index (Phi) is 8.59. The predicted octanol–water partition coefficient (Wildman–Crippen LogP) is 5.73. The number of rotatable bonds is 12. The highest BCUT2D eigenvalue weighted by atomic mass is 32.1. The molecule has 2 aromatic carbocycles. The molecule has 0 fully saturated rings. The van der Waals surface area contributed by atoms with Gasteiger partial charge in [0, 0.05) is 13.1 Å². The molecule has 0 aliphatic heterocycles. The number of hydrogen-bond donors (Lipinski definition) is 2. The predicted molar refractivity (Wildman–Crippen MR) is 158 cm³/mol. The summed E-state index contributed by atoms with van der Waals surface area (Å²) < 4.78 is 18.7. The lowest BCUT2D eigenvalue weighted by molar-refractivity contribution is 0.0531. The number of methoxy groups -OCH3 is 1. The molecular weight excluding hydrogens is 542 g/mol. The van der Waals surface area contributed by atoms with Crippen LogP contribution in [0.4, 0.5) is 16.9 Å². The second-order valence-corrected chi connectivity index (χ2v) is 9.99. The minimum absolute atomic E-state index is 0.295. The van der Waals surface area contributed by atoms with Gasteiger partial charge in [-0.15, -0.1) is 0 Å². The van der Waals surface area contributed by atoms with Crippen molar-refractivity contribution < 1.29 is 19.0 Å². The summed E-state index contributed by atoms with van der Waals surface area (Å²) in [5.74, 6) is 1.83. The first-order valence-corrected chi connectivity index (χ1v) is 14.0. The van der Waals surface area contributed by atoms with Gasteiger partial charge in [0.1, 0.15) is 17.0 Å². The lowest BCUT2D eigenvalue weighted by atomic mass is 10.2. The molecular formula is C29H31N7O4S. The van der Waals surface area contributed by atoms with E-state index in [1.807, 2.05) is 60.0 Å². The van der Waals surface area contributed by atoms with Gasteiger partial charge in [-0.25, -0.2) is 14.8 Å². The number of carbonyl (C=O) groups is 1. The first kappa shape index (κ1) is 27.8. The minimum Gasteiger partial charge on any atom is -0.493 e. The van der Waals surface area contributed by atoms with E-state index in [0.29, 0.717) is 70.9 Å². The van der Waals surface area contributed by atoms with E-state index in [-0.39, 0.29) is 0 Å². The van der Waals surface area contributed by atoms with E-state index in [1.165, 1.54) is 11.3 Å². The number of imidazole rings is 1. The maximum atomic E-state index is 12.2. The fourth-order valence-corrected chi connectivity index (χ4v) is 5.05. The quantitative estimate of drug-likeness (QED) is 0.179. The van der Waals surface area contributed by atoms with Crippen molar-refractivity contribution in [3.05, 3.63) is 76.6 Å². The number of fused-ring (bicyclic) bond motifs is 1. The Morgan fingerprint density at radius 2 is 1.85 bits per heavy atom. The molecule has 5 rings (SSSR count). The van der Waals surface area contributed by atoms with Crippen LogP contribution in [-0.2, 0) is 24.4 Å². The highest BCUT2D eigenvalue weighted by Gasteiger charge is 2.19. The van der Waals surface area contributed by atoms with Crippen LogP contribution in [0.15, 0.2) is 54.9 Å². The molecule has 0 spiro atoms. The van der Waals surface area contributed by atoms with Gasteiger partial charge in [-0.3, -0.25) is 5.32 Å². The van der Waals surface area contributed by atoms with Crippen molar-refractivity contribution in [3.8, 4) is 11.5 Å². The van der Waals surface area contributed by atoms with E-state index in [9.17, 15) is 4.79 Å². The van der Waals surface area contributed by atoms with E-state index in [1.54, 1.807) is 27.3 Å². The highest BCUT2D eigenvalue weighted by molar-refractivity contribution is 7.17. The van der Waals surface area contributed by atoms with Gasteiger partial charge >= 0.3 is 5.97 Å². The summed E-state index contributed by atoms with van der Waals surface area (Å²) in [7, 11) is 1.63. The Labute approximate surface area is 241 Å². The third kappa shape index (κ3) is 6.38. The minimum atomic E-state index is -0.400. The van der Waals surface area contributed by atoms with Crippen molar-refractivity contribution >= 4 is 45.4 Å². The summed E-state index contributed by atoms with van der Waals surface area (Å²) in [6.07, 6.45) is 1.74. The number of carbonyl (C=O) groups excluding carboxylic acids is 1. The molecule has 0 aliphatic rings. The number of hydrogen-bond acceptors (Lipinski definition) is 11. The third-order valence-corrected chi connectivity index (χ3v) is 7.27. The topological polar surface area (TPSA) is 125 Å². The number of aromatic nitrogens is 5. The van der Waals surface area contributed by atoms with Crippen molar-refractivity contribution in [1.29, 1.82) is 0 Å². The number of nitrogens with one attached hydrogen (secondary N) is 2. The van der Waals surface area contributed by atoms with Gasteiger partial charge in [-0.2, -0.15) is 9.97 Å². The Hall–Kier alpha value is -4.71. The Morgan fingerprint density at radius 1 is 1.02 bits per heavy atom. The summed E-state index contributed by atoms with van der Waals surface area (Å²) in [6.45, 7) is 7.49. The number of benzene rings is 2. The second-order valence-electron chi connectivity index (χ2n) is 8.99. The fourth-order valence-electron chi connectivity index (χ4n) is 4.19. The van der Waals surface area contributed by atoms with Crippen molar-refractivity contribution in [1.82, 2.24) is 24.5 Å². The molecule has 3 heterocycles. The molecule has 0 unspecified atom stereocenters. The van der Waals surface area contributed by atoms with Gasteiger partial charge in [-0.05, 0) is 44.0 Å². The van der Waals surface area contributed by atoms with E-state index in [2.05, 4.69) is 25.6 Å². The summed E-state index contributed by atoms with van der Waals surface area (Å²) in [4.78, 5) is 30.9. The molecule has 12 heteroatoms. The van der Waals surface area contributed by atoms with Gasteiger partial charge in [0.25, 0.3) is 0 Å². The summed E-state index contributed by atoms with van der Waals surface area (Å²) >= 11 is 1.19. The Balaban J connectivity index is 1.36. The number of ether oxygens (including phenoxy) is 3. The second kappa shape index (κ2) is 12.6. The molecule has 212 valence electrons. The van der Waals surface area contributed by atoms with Gasteiger partial charge in [0.2, 0.25) is 5.95 Å². The fraction of sp³-hybridized carbons (Fsp3) is 0.276. The smallest absolute Gasteiger partial charge is 0.350 e. The van der Waals surface area contributed by atoms with Gasteiger partial charge in [0.05, 0.1) is 25.7 Å². The lowest BCUT2D eigenvalue weighted by Crippen LogP contribution is -2.08. The molecule has 5 aromatic rings. The van der Waals surface area contributed by atoms with Crippen LogP contribution < -0.4 is 20.1 Å². The van der Waals surface area contributed by atoms with Crippen molar-refractivity contribution in [2.24, 2.45) is 0 Å². The van der Waals surface area contributed by atoms with Crippen molar-refractivity contribution in [2.75, 3.05) is 24.4 Å². The number of anilines is 3. The number of esters is 1. The van der Waals surface area contributed by atoms with Crippen LogP contribution in [0.5, 0.6) is 11.5 Å². The van der Waals surface area contributed by atoms with E-state index in [0.717, 1.165) is 16.6 Å². The molecule has 0 atom stereocenters. The Bertz CT molecular complexity index is 1650. The van der Waals surface area contributed by atoms with Crippen LogP contribution in [0.3, 0.4) is 0 Å². The SMILES string of the molecule is CCOC(=O)c1sc(Nc2nc(NCc3ccc(OCc4ccccc4)c(OC)c3)c3c(ncn3CC)n2)nc1C. The molecule has 0 amide bonds. The average molecular weight is 574 g/mol. The summed E-state index contributed by atoms with van der Waals surface area (Å²) in [6, 6.07) is 15.8. The molecule has 0 saturated carbocycles. The molecule has 0 saturated heterocycles. The molecule has 41 heavy (non-hydrogen) atoms. The van der Waals surface area contributed by atoms with Gasteiger partial charge in [0.15, 0.2) is 28.1 Å². The van der Waals surface area contributed by atoms with E-state index >= 15 is 0 Å². The van der Waals surface area contributed by atoms with Crippen LogP contribution in [-0.4, -0.2) is 44.2 Å². The molecule has 0 radical (unpaired) electrons. The van der Waals surface area contributed by atoms with Crippen molar-refractivity contribution in [2.45, 2.75) is 40.5 Å². The van der Waals surface area contributed by atoms with Gasteiger partial charge < -0.3 is 24.1 Å². The van der Waals surface area contributed by atoms with Crippen LogP contribution in [0.1, 0.15) is 40.3 Å². The van der Waals surface area contributed by atoms with E-state index in [4.69, 9.17) is 19.2 Å². The van der Waals surface area contributed by atoms with Crippen LogP contribution in [0.25, 0.3) is 11.2 Å². The lowest BCUT2D eigenvalue weighted by Gasteiger charge is -2.14. The number of aryl methyl sites for hydroxylation is 2. The zero-order chi connectivity index (χ0) is 28.8. The van der Waals surface area contributed by atoms with Crippen molar-refractivity contribution in [3.63, 3.8) is 0 Å². The maximum absolute atomic E-state index is 12.2. The monoisotopic (exact) mass is 573 g/mol. The normalized spacial score (nSPS) is 10.9. The average Bonchev–Trinajstić information content (AvgIpc) is 3.58. The molecule has 0 bridgehead atoms. The maximum Gasteiger partial charge on any atom is 0.350 e.